The third-order valence-electron chi connectivity index (χ3n) is 18.3. The second-order valence-corrected chi connectivity index (χ2v) is 31.4. The van der Waals surface area contributed by atoms with Crippen LogP contribution >= 0.6 is 15.6 Å². The first-order valence-electron chi connectivity index (χ1n) is 40.0. The Labute approximate surface area is 588 Å². The number of phosphoric ester groups is 2. The quantitative estimate of drug-likeness (QED) is 0.0222. The van der Waals surface area contributed by atoms with E-state index in [1.807, 2.05) is 0 Å². The van der Waals surface area contributed by atoms with Crippen LogP contribution in [-0.2, 0) is 65.4 Å². The fraction of sp³-hybridized carbons (Fsp3) is 0.948. The highest BCUT2D eigenvalue weighted by molar-refractivity contribution is 7.47. The van der Waals surface area contributed by atoms with Crippen LogP contribution in [0.5, 0.6) is 0 Å². The molecule has 0 aromatic heterocycles. The molecule has 0 rings (SSSR count). The van der Waals surface area contributed by atoms with Gasteiger partial charge in [0, 0.05) is 25.7 Å². The summed E-state index contributed by atoms with van der Waals surface area (Å²) in [6.07, 6.45) is 56.9. The Morgan fingerprint density at radius 2 is 0.531 bits per heavy atom. The molecule has 96 heavy (non-hydrogen) atoms. The van der Waals surface area contributed by atoms with Crippen molar-refractivity contribution in [1.82, 2.24) is 0 Å². The van der Waals surface area contributed by atoms with Crippen molar-refractivity contribution in [1.29, 1.82) is 0 Å². The van der Waals surface area contributed by atoms with Crippen LogP contribution in [0, 0.1) is 11.8 Å². The van der Waals surface area contributed by atoms with E-state index in [9.17, 15) is 43.2 Å². The lowest BCUT2D eigenvalue weighted by Crippen LogP contribution is -2.30. The Balaban J connectivity index is 5.20. The highest BCUT2D eigenvalue weighted by Gasteiger charge is 2.30. The van der Waals surface area contributed by atoms with Crippen molar-refractivity contribution in [2.75, 3.05) is 39.6 Å². The van der Waals surface area contributed by atoms with E-state index in [0.717, 1.165) is 102 Å². The van der Waals surface area contributed by atoms with Crippen molar-refractivity contribution in [2.24, 2.45) is 11.8 Å². The first kappa shape index (κ1) is 94.1. The summed E-state index contributed by atoms with van der Waals surface area (Å²) in [5.74, 6) is -0.612. The normalized spacial score (nSPS) is 14.3. The number of carbonyl (C=O) groups excluding carboxylic acids is 4. The molecule has 0 spiro atoms. The molecule has 3 N–H and O–H groups in total. The molecule has 17 nitrogen and oxygen atoms in total. The van der Waals surface area contributed by atoms with E-state index in [2.05, 4.69) is 41.5 Å². The molecule has 0 aliphatic carbocycles. The van der Waals surface area contributed by atoms with E-state index in [1.165, 1.54) is 218 Å². The van der Waals surface area contributed by atoms with Gasteiger partial charge in [-0.2, -0.15) is 0 Å². The molecule has 6 atom stereocenters. The maximum atomic E-state index is 13.1. The fourth-order valence-corrected chi connectivity index (χ4v) is 13.4. The van der Waals surface area contributed by atoms with E-state index >= 15 is 0 Å². The number of esters is 4. The smallest absolute Gasteiger partial charge is 0.462 e. The van der Waals surface area contributed by atoms with Gasteiger partial charge in [-0.05, 0) is 37.5 Å². The molecule has 3 unspecified atom stereocenters. The van der Waals surface area contributed by atoms with Gasteiger partial charge in [0.05, 0.1) is 26.4 Å². The van der Waals surface area contributed by atoms with Crippen LogP contribution < -0.4 is 0 Å². The van der Waals surface area contributed by atoms with Gasteiger partial charge < -0.3 is 33.8 Å². The second kappa shape index (κ2) is 68.8. The number of ether oxygens (including phenoxy) is 4. The van der Waals surface area contributed by atoms with Crippen molar-refractivity contribution in [2.45, 2.75) is 419 Å². The van der Waals surface area contributed by atoms with Crippen LogP contribution in [0.4, 0.5) is 0 Å². The summed E-state index contributed by atoms with van der Waals surface area (Å²) < 4.78 is 68.5. The first-order chi connectivity index (χ1) is 46.4. The Morgan fingerprint density at radius 1 is 0.302 bits per heavy atom. The summed E-state index contributed by atoms with van der Waals surface area (Å²) in [6.45, 7) is 9.57. The SMILES string of the molecule is CCCCCCCCCCCCCCCCCCCCCCCC(=O)O[C@H](COC(=O)CCCCCCCCCCC(C)CC)COP(=O)(O)OC[C@@H](O)COP(=O)(O)OC[C@@H](COC(=O)CCCCCCCCCCC(C)C)OC(=O)CCCCCCCCCCCCCC. The van der Waals surface area contributed by atoms with Crippen molar-refractivity contribution in [3.05, 3.63) is 0 Å². The molecule has 570 valence electrons. The number of unbranched alkanes of at least 4 members (excludes halogenated alkanes) is 45. The lowest BCUT2D eigenvalue weighted by Gasteiger charge is -2.21. The first-order valence-corrected chi connectivity index (χ1v) is 43.0. The Bertz CT molecular complexity index is 1860. The average Bonchev–Trinajstić information content (AvgIpc) is 2.97. The van der Waals surface area contributed by atoms with Gasteiger partial charge >= 0.3 is 39.5 Å². The minimum absolute atomic E-state index is 0.107. The van der Waals surface area contributed by atoms with E-state index < -0.39 is 97.5 Å². The number of aliphatic hydroxyl groups is 1. The van der Waals surface area contributed by atoms with Crippen LogP contribution in [0.1, 0.15) is 401 Å². The molecule has 0 aliphatic rings. The Hall–Kier alpha value is -1.94. The molecule has 0 amide bonds. The van der Waals surface area contributed by atoms with E-state index in [-0.39, 0.29) is 25.7 Å². The number of aliphatic hydroxyl groups excluding tert-OH is 1. The van der Waals surface area contributed by atoms with Gasteiger partial charge in [0.25, 0.3) is 0 Å². The van der Waals surface area contributed by atoms with Crippen molar-refractivity contribution in [3.8, 4) is 0 Å². The summed E-state index contributed by atoms with van der Waals surface area (Å²) in [5.41, 5.74) is 0. The topological polar surface area (TPSA) is 237 Å². The van der Waals surface area contributed by atoms with Gasteiger partial charge in [-0.15, -0.1) is 0 Å². The molecule has 0 aliphatic heterocycles. The third kappa shape index (κ3) is 69.2. The summed E-state index contributed by atoms with van der Waals surface area (Å²) in [6, 6.07) is 0. The number of carbonyl (C=O) groups is 4. The summed E-state index contributed by atoms with van der Waals surface area (Å²) >= 11 is 0. The van der Waals surface area contributed by atoms with E-state index in [0.29, 0.717) is 25.7 Å². The van der Waals surface area contributed by atoms with Crippen molar-refractivity contribution in [3.63, 3.8) is 0 Å². The predicted molar refractivity (Wildman–Crippen MR) is 391 cm³/mol. The monoisotopic (exact) mass is 1410 g/mol. The molecule has 0 heterocycles. The summed E-state index contributed by atoms with van der Waals surface area (Å²) in [5, 5.41) is 10.6. The maximum absolute atomic E-state index is 13.1. The molecule has 0 aromatic carbocycles. The highest BCUT2D eigenvalue weighted by Crippen LogP contribution is 2.45. The Morgan fingerprint density at radius 3 is 0.792 bits per heavy atom. The zero-order chi connectivity index (χ0) is 70.7. The molecule has 0 saturated carbocycles. The van der Waals surface area contributed by atoms with Gasteiger partial charge in [0.1, 0.15) is 19.3 Å². The molecule has 0 fully saturated rings. The number of rotatable bonds is 76. The van der Waals surface area contributed by atoms with Crippen LogP contribution in [0.2, 0.25) is 0 Å². The largest absolute Gasteiger partial charge is 0.472 e. The Kier molecular flexibility index (Phi) is 67.4. The molecule has 0 saturated heterocycles. The highest BCUT2D eigenvalue weighted by atomic mass is 31.2. The fourth-order valence-electron chi connectivity index (χ4n) is 11.8. The minimum Gasteiger partial charge on any atom is -0.462 e. The van der Waals surface area contributed by atoms with Gasteiger partial charge in [-0.1, -0.05) is 350 Å². The van der Waals surface area contributed by atoms with E-state index in [1.54, 1.807) is 0 Å². The van der Waals surface area contributed by atoms with Gasteiger partial charge in [-0.25, -0.2) is 9.13 Å². The van der Waals surface area contributed by atoms with Crippen LogP contribution in [-0.4, -0.2) is 96.7 Å². The molecule has 19 heteroatoms. The standard InChI is InChI=1S/C77H150O17P2/c1-7-10-12-14-16-18-20-22-23-24-25-26-27-28-29-30-32-34-44-50-56-62-77(82)94-73(66-88-75(80)60-54-48-42-38-36-40-46-52-58-70(6)9-3)68-92-96(85,86)90-64-71(78)63-89-95(83,84)91-67-72(65-87-74(79)59-53-47-41-37-35-39-45-51-57-69(4)5)93-76(81)61-55-49-43-33-31-21-19-17-15-13-11-8-2/h69-73,78H,7-68H2,1-6H3,(H,83,84)(H,85,86)/t70?,71-,72+,73+/m0/s1. The summed E-state index contributed by atoms with van der Waals surface area (Å²) in [7, 11) is -9.91. The lowest BCUT2D eigenvalue weighted by atomic mass is 9.99. The van der Waals surface area contributed by atoms with Crippen LogP contribution in [0.25, 0.3) is 0 Å². The molecule has 0 radical (unpaired) electrons. The van der Waals surface area contributed by atoms with Gasteiger partial charge in [-0.3, -0.25) is 37.3 Å². The summed E-state index contributed by atoms with van der Waals surface area (Å²) in [4.78, 5) is 72.8. The predicted octanol–water partition coefficient (Wildman–Crippen LogP) is 22.7. The molecule has 0 bridgehead atoms. The molecular formula is C77H150O17P2. The van der Waals surface area contributed by atoms with Crippen molar-refractivity contribution >= 4 is 39.5 Å². The van der Waals surface area contributed by atoms with Gasteiger partial charge in [0.2, 0.25) is 0 Å². The van der Waals surface area contributed by atoms with Crippen LogP contribution in [0.15, 0.2) is 0 Å². The van der Waals surface area contributed by atoms with Crippen molar-refractivity contribution < 1.29 is 80.2 Å². The zero-order valence-electron chi connectivity index (χ0n) is 62.7. The van der Waals surface area contributed by atoms with E-state index in [4.69, 9.17) is 37.0 Å². The zero-order valence-corrected chi connectivity index (χ0v) is 64.5. The average molecular weight is 1410 g/mol. The molecular weight excluding hydrogens is 1260 g/mol. The third-order valence-corrected chi connectivity index (χ3v) is 20.2. The lowest BCUT2D eigenvalue weighted by molar-refractivity contribution is -0.161. The number of hydrogen-bond acceptors (Lipinski definition) is 15. The second-order valence-electron chi connectivity index (χ2n) is 28.5. The molecule has 0 aromatic rings. The number of hydrogen-bond donors (Lipinski definition) is 3. The van der Waals surface area contributed by atoms with Gasteiger partial charge in [0.15, 0.2) is 12.2 Å². The minimum atomic E-state index is -4.96. The van der Waals surface area contributed by atoms with Crippen LogP contribution in [0.3, 0.4) is 0 Å². The number of phosphoric acid groups is 2. The maximum Gasteiger partial charge on any atom is 0.472 e.